The molecule has 0 aliphatic heterocycles. The molecule has 1 N–H and O–H groups in total. The summed E-state index contributed by atoms with van der Waals surface area (Å²) in [4.78, 5) is 12.0. The highest BCUT2D eigenvalue weighted by molar-refractivity contribution is 8.14. The molecule has 0 fully saturated rings. The maximum atomic E-state index is 12.0. The van der Waals surface area contributed by atoms with Crippen molar-refractivity contribution in [2.24, 2.45) is 0 Å². The second kappa shape index (κ2) is 7.13. The highest BCUT2D eigenvalue weighted by Crippen LogP contribution is 2.31. The van der Waals surface area contributed by atoms with Crippen LogP contribution < -0.4 is 5.32 Å². The molecule has 3 rings (SSSR count). The Kier molecular flexibility index (Phi) is 4.92. The van der Waals surface area contributed by atoms with E-state index in [2.05, 4.69) is 5.32 Å². The predicted molar refractivity (Wildman–Crippen MR) is 97.2 cm³/mol. The lowest BCUT2D eigenvalue weighted by molar-refractivity contribution is 0.155. The number of halogens is 1. The Morgan fingerprint density at radius 2 is 1.56 bits per heavy atom. The second-order valence-electron chi connectivity index (χ2n) is 5.28. The van der Waals surface area contributed by atoms with E-state index in [1.54, 1.807) is 24.3 Å². The van der Waals surface area contributed by atoms with Gasteiger partial charge in [0.05, 0.1) is 10.6 Å². The van der Waals surface area contributed by atoms with Gasteiger partial charge in [0.15, 0.2) is 0 Å². The molecule has 0 saturated carbocycles. The average molecular weight is 376 g/mol. The van der Waals surface area contributed by atoms with Crippen molar-refractivity contribution in [3.8, 4) is 0 Å². The molecule has 3 aromatic rings. The van der Waals surface area contributed by atoms with E-state index in [4.69, 9.17) is 15.4 Å². The zero-order chi connectivity index (χ0) is 17.9. The van der Waals surface area contributed by atoms with Gasteiger partial charge in [-0.25, -0.2) is 13.2 Å². The number of amides is 1. The van der Waals surface area contributed by atoms with E-state index in [0.717, 1.165) is 5.56 Å². The Bertz CT molecular complexity index is 1020. The molecular formula is C18H14ClNO4S. The third-order valence-electron chi connectivity index (χ3n) is 3.60. The van der Waals surface area contributed by atoms with Crippen LogP contribution in [0.15, 0.2) is 71.6 Å². The first kappa shape index (κ1) is 17.3. The largest absolute Gasteiger partial charge is 0.444 e. The lowest BCUT2D eigenvalue weighted by Gasteiger charge is -2.11. The molecule has 0 atom stereocenters. The maximum Gasteiger partial charge on any atom is 0.411 e. The molecule has 0 heterocycles. The van der Waals surface area contributed by atoms with Gasteiger partial charge in [-0.2, -0.15) is 0 Å². The van der Waals surface area contributed by atoms with Gasteiger partial charge in [-0.05, 0) is 17.7 Å². The molecule has 0 radical (unpaired) electrons. The van der Waals surface area contributed by atoms with Crippen molar-refractivity contribution in [1.29, 1.82) is 0 Å². The van der Waals surface area contributed by atoms with Crippen LogP contribution in [0, 0.1) is 0 Å². The third kappa shape index (κ3) is 4.10. The molecule has 0 aromatic heterocycles. The molecule has 3 aromatic carbocycles. The molecule has 0 spiro atoms. The van der Waals surface area contributed by atoms with E-state index in [-0.39, 0.29) is 11.5 Å². The van der Waals surface area contributed by atoms with E-state index in [1.807, 2.05) is 30.3 Å². The fourth-order valence-electron chi connectivity index (χ4n) is 2.46. The van der Waals surface area contributed by atoms with E-state index in [9.17, 15) is 13.2 Å². The molecule has 0 saturated heterocycles. The van der Waals surface area contributed by atoms with Crippen LogP contribution in [-0.2, 0) is 20.4 Å². The quantitative estimate of drug-likeness (QED) is 0.680. The van der Waals surface area contributed by atoms with Gasteiger partial charge in [0.1, 0.15) is 6.61 Å². The highest BCUT2D eigenvalue weighted by Gasteiger charge is 2.16. The number of hydrogen-bond acceptors (Lipinski definition) is 4. The molecule has 5 nitrogen and oxygen atoms in total. The van der Waals surface area contributed by atoms with Gasteiger partial charge in [0, 0.05) is 21.5 Å². The van der Waals surface area contributed by atoms with Crippen molar-refractivity contribution in [2.75, 3.05) is 5.32 Å². The van der Waals surface area contributed by atoms with Gasteiger partial charge in [-0.3, -0.25) is 5.32 Å². The first-order valence-electron chi connectivity index (χ1n) is 7.39. The second-order valence-corrected chi connectivity index (χ2v) is 7.82. The number of carbonyl (C=O) groups excluding carboxylic acids is 1. The minimum atomic E-state index is -3.89. The van der Waals surface area contributed by atoms with Crippen LogP contribution in [0.25, 0.3) is 10.8 Å². The van der Waals surface area contributed by atoms with Crippen molar-refractivity contribution in [3.05, 3.63) is 72.3 Å². The summed E-state index contributed by atoms with van der Waals surface area (Å²) in [6, 6.07) is 18.9. The van der Waals surface area contributed by atoms with Gasteiger partial charge in [-0.15, -0.1) is 0 Å². The first-order chi connectivity index (χ1) is 11.9. The summed E-state index contributed by atoms with van der Waals surface area (Å²) < 4.78 is 28.6. The van der Waals surface area contributed by atoms with Crippen molar-refractivity contribution in [1.82, 2.24) is 0 Å². The van der Waals surface area contributed by atoms with Crippen LogP contribution in [0.5, 0.6) is 0 Å². The number of hydrogen-bond donors (Lipinski definition) is 1. The Hall–Kier alpha value is -2.57. The summed E-state index contributed by atoms with van der Waals surface area (Å²) in [5.41, 5.74) is 1.31. The Labute approximate surface area is 149 Å². The smallest absolute Gasteiger partial charge is 0.411 e. The monoisotopic (exact) mass is 375 g/mol. The molecule has 128 valence electrons. The van der Waals surface area contributed by atoms with Gasteiger partial charge in [-0.1, -0.05) is 54.6 Å². The highest BCUT2D eigenvalue weighted by atomic mass is 35.7. The molecule has 25 heavy (non-hydrogen) atoms. The summed E-state index contributed by atoms with van der Waals surface area (Å²) >= 11 is 0. The molecule has 0 unspecified atom stereocenters. The predicted octanol–water partition coefficient (Wildman–Crippen LogP) is 4.52. The summed E-state index contributed by atoms with van der Waals surface area (Å²) in [5.74, 6) is 0. The van der Waals surface area contributed by atoms with Crippen LogP contribution in [0.1, 0.15) is 5.56 Å². The number of anilines is 1. The fraction of sp³-hybridized carbons (Fsp3) is 0.0556. The number of carbonyl (C=O) groups is 1. The van der Waals surface area contributed by atoms with Crippen LogP contribution >= 0.6 is 10.7 Å². The Morgan fingerprint density at radius 3 is 2.24 bits per heavy atom. The summed E-state index contributed by atoms with van der Waals surface area (Å²) in [7, 11) is 1.58. The SMILES string of the molecule is O=C(Nc1ccc(S(=O)(=O)Cl)c2ccccc12)OCc1ccccc1. The number of benzene rings is 3. The van der Waals surface area contributed by atoms with Gasteiger partial charge in [0.2, 0.25) is 0 Å². The number of nitrogens with one attached hydrogen (secondary N) is 1. The number of rotatable bonds is 4. The first-order valence-corrected chi connectivity index (χ1v) is 9.70. The standard InChI is InChI=1S/C18H14ClNO4S/c19-25(22,23)17-11-10-16(14-8-4-5-9-15(14)17)20-18(21)24-12-13-6-2-1-3-7-13/h1-11H,12H2,(H,20,21). The van der Waals surface area contributed by atoms with Crippen molar-refractivity contribution < 1.29 is 17.9 Å². The van der Waals surface area contributed by atoms with Gasteiger partial charge >= 0.3 is 6.09 Å². The lowest BCUT2D eigenvalue weighted by atomic mass is 10.1. The number of fused-ring (bicyclic) bond motifs is 1. The minimum Gasteiger partial charge on any atom is -0.444 e. The molecule has 0 aliphatic carbocycles. The molecular weight excluding hydrogens is 362 g/mol. The zero-order valence-corrected chi connectivity index (χ0v) is 14.5. The molecule has 0 bridgehead atoms. The van der Waals surface area contributed by atoms with Crippen LogP contribution in [0.3, 0.4) is 0 Å². The third-order valence-corrected chi connectivity index (χ3v) is 4.98. The van der Waals surface area contributed by atoms with Crippen LogP contribution in [0.4, 0.5) is 10.5 Å². The minimum absolute atomic E-state index is 0.00651. The van der Waals surface area contributed by atoms with Gasteiger partial charge < -0.3 is 4.74 Å². The van der Waals surface area contributed by atoms with E-state index in [0.29, 0.717) is 16.5 Å². The van der Waals surface area contributed by atoms with Crippen LogP contribution in [-0.4, -0.2) is 14.5 Å². The van der Waals surface area contributed by atoms with Crippen LogP contribution in [0.2, 0.25) is 0 Å². The summed E-state index contributed by atoms with van der Waals surface area (Å²) in [6.45, 7) is 0.138. The zero-order valence-electron chi connectivity index (χ0n) is 13.0. The fourth-order valence-corrected chi connectivity index (χ4v) is 3.54. The summed E-state index contributed by atoms with van der Waals surface area (Å²) in [6.07, 6.45) is -0.629. The topological polar surface area (TPSA) is 72.5 Å². The molecule has 1 amide bonds. The van der Waals surface area contributed by atoms with E-state index < -0.39 is 15.1 Å². The van der Waals surface area contributed by atoms with Crippen molar-refractivity contribution in [3.63, 3.8) is 0 Å². The number of ether oxygens (including phenoxy) is 1. The van der Waals surface area contributed by atoms with Crippen molar-refractivity contribution >= 4 is 42.3 Å². The molecule has 7 heteroatoms. The lowest BCUT2D eigenvalue weighted by Crippen LogP contribution is -2.14. The van der Waals surface area contributed by atoms with E-state index in [1.165, 1.54) is 12.1 Å². The van der Waals surface area contributed by atoms with Crippen molar-refractivity contribution in [2.45, 2.75) is 11.5 Å². The van der Waals surface area contributed by atoms with Gasteiger partial charge in [0.25, 0.3) is 9.05 Å². The Morgan fingerprint density at radius 1 is 0.920 bits per heavy atom. The summed E-state index contributed by atoms with van der Waals surface area (Å²) in [5, 5.41) is 3.62. The average Bonchev–Trinajstić information content (AvgIpc) is 2.60. The maximum absolute atomic E-state index is 12.0. The van der Waals surface area contributed by atoms with E-state index >= 15 is 0 Å². The Balaban J connectivity index is 1.83. The normalized spacial score (nSPS) is 11.2. The molecule has 0 aliphatic rings.